The summed E-state index contributed by atoms with van der Waals surface area (Å²) in [7, 11) is 0. The normalized spacial score (nSPS) is 25.3. The number of ketones is 1. The molecule has 1 unspecified atom stereocenters. The molecular formula is C13H20O2. The Morgan fingerprint density at radius 1 is 1.67 bits per heavy atom. The van der Waals surface area contributed by atoms with E-state index in [4.69, 9.17) is 5.11 Å². The molecule has 1 rings (SSSR count). The Labute approximate surface area is 91.7 Å². The summed E-state index contributed by atoms with van der Waals surface area (Å²) in [5.41, 5.74) is 1.54. The lowest BCUT2D eigenvalue weighted by atomic mass is 9.68. The van der Waals surface area contributed by atoms with Gasteiger partial charge >= 0.3 is 0 Å². The summed E-state index contributed by atoms with van der Waals surface area (Å²) in [5, 5.41) is 8.64. The van der Waals surface area contributed by atoms with Crippen molar-refractivity contribution in [3.63, 3.8) is 0 Å². The molecule has 0 fully saturated rings. The molecule has 1 aliphatic carbocycles. The number of hydrogen-bond acceptors (Lipinski definition) is 2. The number of allylic oxidation sites excluding steroid dienone is 3. The van der Waals surface area contributed by atoms with E-state index in [1.54, 1.807) is 0 Å². The van der Waals surface area contributed by atoms with Gasteiger partial charge in [-0.1, -0.05) is 31.6 Å². The predicted octanol–water partition coefficient (Wildman–Crippen LogP) is 2.49. The van der Waals surface area contributed by atoms with E-state index in [2.05, 4.69) is 26.8 Å². The van der Waals surface area contributed by atoms with Crippen LogP contribution in [-0.4, -0.2) is 17.5 Å². The van der Waals surface area contributed by atoms with Gasteiger partial charge in [-0.25, -0.2) is 0 Å². The van der Waals surface area contributed by atoms with Gasteiger partial charge in [0.2, 0.25) is 0 Å². The van der Waals surface area contributed by atoms with Crippen LogP contribution in [0, 0.1) is 11.3 Å². The first-order valence-electron chi connectivity index (χ1n) is 5.46. The topological polar surface area (TPSA) is 37.3 Å². The Morgan fingerprint density at radius 3 is 2.87 bits per heavy atom. The van der Waals surface area contributed by atoms with Gasteiger partial charge in [-0.05, 0) is 31.3 Å². The third-order valence-corrected chi connectivity index (χ3v) is 3.22. The van der Waals surface area contributed by atoms with Crippen LogP contribution in [0.3, 0.4) is 0 Å². The first-order valence-corrected chi connectivity index (χ1v) is 5.46. The lowest BCUT2D eigenvalue weighted by Gasteiger charge is -2.36. The highest BCUT2D eigenvalue weighted by molar-refractivity contribution is 5.90. The predicted molar refractivity (Wildman–Crippen MR) is 61.5 cm³/mol. The molecule has 2 nitrogen and oxygen atoms in total. The van der Waals surface area contributed by atoms with Crippen molar-refractivity contribution in [1.82, 2.24) is 0 Å². The van der Waals surface area contributed by atoms with Gasteiger partial charge in [0.15, 0.2) is 5.78 Å². The van der Waals surface area contributed by atoms with E-state index in [9.17, 15) is 4.79 Å². The zero-order chi connectivity index (χ0) is 11.5. The minimum Gasteiger partial charge on any atom is -0.388 e. The second-order valence-corrected chi connectivity index (χ2v) is 4.94. The van der Waals surface area contributed by atoms with Crippen LogP contribution >= 0.6 is 0 Å². The van der Waals surface area contributed by atoms with E-state index >= 15 is 0 Å². The zero-order valence-corrected chi connectivity index (χ0v) is 9.79. The van der Waals surface area contributed by atoms with E-state index in [1.165, 1.54) is 11.6 Å². The molecule has 1 atom stereocenters. The average Bonchev–Trinajstić information content (AvgIpc) is 2.15. The summed E-state index contributed by atoms with van der Waals surface area (Å²) >= 11 is 0. The molecular weight excluding hydrogens is 188 g/mol. The molecule has 2 heteroatoms. The maximum atomic E-state index is 11.0. The maximum Gasteiger partial charge on any atom is 0.180 e. The highest BCUT2D eigenvalue weighted by atomic mass is 16.3. The average molecular weight is 208 g/mol. The van der Waals surface area contributed by atoms with Crippen molar-refractivity contribution >= 4 is 5.78 Å². The Kier molecular flexibility index (Phi) is 3.86. The SMILES string of the molecule is CC1=CCCC(C)(C)C1/C=C/C(=O)CO. The molecule has 84 valence electrons. The zero-order valence-electron chi connectivity index (χ0n) is 9.79. The van der Waals surface area contributed by atoms with Gasteiger partial charge in [0.05, 0.1) is 0 Å². The fourth-order valence-corrected chi connectivity index (χ4v) is 2.24. The molecule has 1 N–H and O–H groups in total. The first kappa shape index (κ1) is 12.2. The number of aliphatic hydroxyl groups excluding tert-OH is 1. The maximum absolute atomic E-state index is 11.0. The molecule has 0 spiro atoms. The molecule has 0 amide bonds. The van der Waals surface area contributed by atoms with Crippen LogP contribution in [0.2, 0.25) is 0 Å². The number of hydrogen-bond donors (Lipinski definition) is 1. The van der Waals surface area contributed by atoms with Gasteiger partial charge < -0.3 is 5.11 Å². The van der Waals surface area contributed by atoms with Crippen molar-refractivity contribution < 1.29 is 9.90 Å². The quantitative estimate of drug-likeness (QED) is 0.571. The van der Waals surface area contributed by atoms with Crippen LogP contribution in [0.1, 0.15) is 33.6 Å². The molecule has 0 bridgehead atoms. The van der Waals surface area contributed by atoms with Crippen molar-refractivity contribution in [3.8, 4) is 0 Å². The van der Waals surface area contributed by atoms with Crippen LogP contribution in [0.4, 0.5) is 0 Å². The van der Waals surface area contributed by atoms with Gasteiger partial charge in [-0.2, -0.15) is 0 Å². The highest BCUT2D eigenvalue weighted by Gasteiger charge is 2.30. The van der Waals surface area contributed by atoms with Crippen LogP contribution in [0.5, 0.6) is 0 Å². The smallest absolute Gasteiger partial charge is 0.180 e. The summed E-state index contributed by atoms with van der Waals surface area (Å²) in [4.78, 5) is 11.0. The molecule has 0 saturated heterocycles. The Hall–Kier alpha value is -0.890. The van der Waals surface area contributed by atoms with Gasteiger partial charge in [-0.15, -0.1) is 0 Å². The number of carbonyl (C=O) groups is 1. The Balaban J connectivity index is 2.81. The lowest BCUT2D eigenvalue weighted by molar-refractivity contribution is -0.117. The number of rotatable bonds is 3. The van der Waals surface area contributed by atoms with Gasteiger partial charge in [0.1, 0.15) is 6.61 Å². The van der Waals surface area contributed by atoms with E-state index < -0.39 is 6.61 Å². The van der Waals surface area contributed by atoms with Crippen LogP contribution in [-0.2, 0) is 4.79 Å². The van der Waals surface area contributed by atoms with Crippen molar-refractivity contribution in [3.05, 3.63) is 23.8 Å². The first-order chi connectivity index (χ1) is 6.97. The fraction of sp³-hybridized carbons (Fsp3) is 0.615. The minimum atomic E-state index is -0.396. The molecule has 0 radical (unpaired) electrons. The summed E-state index contributed by atoms with van der Waals surface area (Å²) in [6.45, 7) is 6.16. The third kappa shape index (κ3) is 3.03. The van der Waals surface area contributed by atoms with Crippen LogP contribution in [0.15, 0.2) is 23.8 Å². The van der Waals surface area contributed by atoms with Crippen molar-refractivity contribution in [1.29, 1.82) is 0 Å². The number of carbonyl (C=O) groups excluding carboxylic acids is 1. The molecule has 15 heavy (non-hydrogen) atoms. The van der Waals surface area contributed by atoms with E-state index in [1.807, 2.05) is 6.08 Å². The second kappa shape index (κ2) is 4.75. The van der Waals surface area contributed by atoms with Crippen molar-refractivity contribution in [2.75, 3.05) is 6.61 Å². The van der Waals surface area contributed by atoms with Crippen LogP contribution < -0.4 is 0 Å². The molecule has 0 aromatic heterocycles. The van der Waals surface area contributed by atoms with Gasteiger partial charge in [-0.3, -0.25) is 4.79 Å². The van der Waals surface area contributed by atoms with Crippen LogP contribution in [0.25, 0.3) is 0 Å². The summed E-state index contributed by atoms with van der Waals surface area (Å²) < 4.78 is 0. The molecule has 0 aromatic carbocycles. The fourth-order valence-electron chi connectivity index (χ4n) is 2.24. The van der Waals surface area contributed by atoms with E-state index in [-0.39, 0.29) is 11.2 Å². The largest absolute Gasteiger partial charge is 0.388 e. The van der Waals surface area contributed by atoms with Gasteiger partial charge in [0.25, 0.3) is 0 Å². The second-order valence-electron chi connectivity index (χ2n) is 4.94. The molecule has 1 aliphatic rings. The van der Waals surface area contributed by atoms with Crippen molar-refractivity contribution in [2.45, 2.75) is 33.6 Å². The summed E-state index contributed by atoms with van der Waals surface area (Å²) in [6.07, 6.45) is 7.95. The Bertz CT molecular complexity index is 298. The standard InChI is InChI=1S/C13H20O2/c1-10-5-4-8-13(2,3)12(10)7-6-11(15)9-14/h5-7,12,14H,4,8-9H2,1-3H3/b7-6+. The Morgan fingerprint density at radius 2 is 2.33 bits per heavy atom. The molecule has 0 saturated carbocycles. The third-order valence-electron chi connectivity index (χ3n) is 3.22. The molecule has 0 aliphatic heterocycles. The number of aliphatic hydroxyl groups is 1. The van der Waals surface area contributed by atoms with E-state index in [0.717, 1.165) is 12.8 Å². The van der Waals surface area contributed by atoms with Crippen molar-refractivity contribution in [2.24, 2.45) is 11.3 Å². The molecule has 0 heterocycles. The highest BCUT2D eigenvalue weighted by Crippen LogP contribution is 2.41. The monoisotopic (exact) mass is 208 g/mol. The van der Waals surface area contributed by atoms with Gasteiger partial charge in [0, 0.05) is 5.92 Å². The summed E-state index contributed by atoms with van der Waals surface area (Å²) in [5.74, 6) is 0.103. The van der Waals surface area contributed by atoms with E-state index in [0.29, 0.717) is 5.92 Å². The summed E-state index contributed by atoms with van der Waals surface area (Å²) in [6, 6.07) is 0. The lowest BCUT2D eigenvalue weighted by Crippen LogP contribution is -2.26. The minimum absolute atomic E-state index is 0.213. The molecule has 0 aromatic rings.